The summed E-state index contributed by atoms with van der Waals surface area (Å²) < 4.78 is 0. The number of nitrogens with zero attached hydrogens (tertiary/aromatic N) is 1. The Hall–Kier alpha value is -0.370. The molecule has 2 nitrogen and oxygen atoms in total. The van der Waals surface area contributed by atoms with Gasteiger partial charge in [-0.15, -0.1) is 0 Å². The van der Waals surface area contributed by atoms with E-state index in [1.54, 1.807) is 0 Å². The molecule has 2 saturated carbocycles. The van der Waals surface area contributed by atoms with Crippen LogP contribution in [0.5, 0.6) is 0 Å². The van der Waals surface area contributed by atoms with Crippen molar-refractivity contribution in [1.82, 2.24) is 4.90 Å². The first-order valence-corrected chi connectivity index (χ1v) is 6.78. The Balaban J connectivity index is 1.88. The molecule has 0 saturated heterocycles. The van der Waals surface area contributed by atoms with Gasteiger partial charge in [0.15, 0.2) is 0 Å². The van der Waals surface area contributed by atoms with Crippen molar-refractivity contribution in [2.45, 2.75) is 45.4 Å². The Kier molecular flexibility index (Phi) is 3.68. The molecule has 0 heterocycles. The van der Waals surface area contributed by atoms with Gasteiger partial charge in [0.2, 0.25) is 0 Å². The van der Waals surface area contributed by atoms with E-state index in [1.807, 2.05) is 0 Å². The second-order valence-electron chi connectivity index (χ2n) is 6.32. The van der Waals surface area contributed by atoms with Gasteiger partial charge in [-0.1, -0.05) is 19.8 Å². The Bertz CT molecular complexity index is 249. The monoisotopic (exact) mass is 223 g/mol. The molecule has 0 aromatic heterocycles. The van der Waals surface area contributed by atoms with Gasteiger partial charge >= 0.3 is 0 Å². The first kappa shape index (κ1) is 12.1. The van der Waals surface area contributed by atoms with Crippen LogP contribution in [0.3, 0.4) is 0 Å². The van der Waals surface area contributed by atoms with E-state index in [4.69, 9.17) is 0 Å². The molecule has 0 bridgehead atoms. The van der Waals surface area contributed by atoms with Gasteiger partial charge in [-0.25, -0.2) is 0 Å². The molecule has 2 heteroatoms. The zero-order chi connectivity index (χ0) is 11.6. The molecule has 2 unspecified atom stereocenters. The van der Waals surface area contributed by atoms with Gasteiger partial charge in [0, 0.05) is 18.5 Å². The maximum absolute atomic E-state index is 11.4. The molecular weight excluding hydrogens is 198 g/mol. The van der Waals surface area contributed by atoms with Crippen LogP contribution >= 0.6 is 0 Å². The standard InChI is InChI=1S/C14H25NO/c1-12-4-3-7-14(8-12,11-16)10-15(2)9-13-5-6-13/h11-13H,3-10H2,1-2H3. The molecular formula is C14H25NO. The highest BCUT2D eigenvalue weighted by atomic mass is 16.1. The summed E-state index contributed by atoms with van der Waals surface area (Å²) in [6.45, 7) is 4.47. The molecule has 2 atom stereocenters. The van der Waals surface area contributed by atoms with Gasteiger partial charge in [-0.2, -0.15) is 0 Å². The van der Waals surface area contributed by atoms with E-state index in [-0.39, 0.29) is 5.41 Å². The van der Waals surface area contributed by atoms with Crippen molar-refractivity contribution in [3.63, 3.8) is 0 Å². The molecule has 16 heavy (non-hydrogen) atoms. The lowest BCUT2D eigenvalue weighted by Crippen LogP contribution is -2.41. The molecule has 0 amide bonds. The molecule has 0 N–H and O–H groups in total. The summed E-state index contributed by atoms with van der Waals surface area (Å²) in [5.41, 5.74) is -0.0265. The summed E-state index contributed by atoms with van der Waals surface area (Å²) >= 11 is 0. The van der Waals surface area contributed by atoms with Crippen molar-refractivity contribution in [1.29, 1.82) is 0 Å². The first-order chi connectivity index (χ1) is 7.63. The van der Waals surface area contributed by atoms with Crippen LogP contribution in [0.15, 0.2) is 0 Å². The smallest absolute Gasteiger partial charge is 0.127 e. The van der Waals surface area contributed by atoms with E-state index in [0.29, 0.717) is 0 Å². The third-order valence-corrected chi connectivity index (χ3v) is 4.23. The third-order valence-electron chi connectivity index (χ3n) is 4.23. The van der Waals surface area contributed by atoms with E-state index < -0.39 is 0 Å². The molecule has 0 aromatic carbocycles. The van der Waals surface area contributed by atoms with Crippen LogP contribution in [0.1, 0.15) is 45.4 Å². The highest BCUT2D eigenvalue weighted by Crippen LogP contribution is 2.39. The molecule has 0 radical (unpaired) electrons. The predicted molar refractivity (Wildman–Crippen MR) is 66.4 cm³/mol. The maximum Gasteiger partial charge on any atom is 0.127 e. The van der Waals surface area contributed by atoms with E-state index in [9.17, 15) is 4.79 Å². The third kappa shape index (κ3) is 3.07. The Labute approximate surface area is 99.4 Å². The minimum Gasteiger partial charge on any atom is -0.305 e. The average molecular weight is 223 g/mol. The highest BCUT2D eigenvalue weighted by Gasteiger charge is 2.36. The molecule has 2 fully saturated rings. The van der Waals surface area contributed by atoms with Gasteiger partial charge in [-0.3, -0.25) is 0 Å². The van der Waals surface area contributed by atoms with Gasteiger partial charge in [0.1, 0.15) is 6.29 Å². The summed E-state index contributed by atoms with van der Waals surface area (Å²) in [6.07, 6.45) is 8.80. The number of aldehydes is 1. The summed E-state index contributed by atoms with van der Waals surface area (Å²) in [5.74, 6) is 1.66. The zero-order valence-electron chi connectivity index (χ0n) is 10.7. The lowest BCUT2D eigenvalue weighted by molar-refractivity contribution is -0.119. The number of hydrogen-bond acceptors (Lipinski definition) is 2. The first-order valence-electron chi connectivity index (χ1n) is 6.78. The molecule has 0 spiro atoms. The topological polar surface area (TPSA) is 20.3 Å². The molecule has 2 aliphatic carbocycles. The minimum absolute atomic E-state index is 0.0265. The fourth-order valence-corrected chi connectivity index (χ4v) is 3.33. The Morgan fingerprint density at radius 3 is 2.69 bits per heavy atom. The second-order valence-corrected chi connectivity index (χ2v) is 6.32. The predicted octanol–water partition coefficient (Wildman–Crippen LogP) is 2.72. The summed E-state index contributed by atoms with van der Waals surface area (Å²) in [7, 11) is 2.18. The van der Waals surface area contributed by atoms with Crippen LogP contribution in [0.25, 0.3) is 0 Å². The lowest BCUT2D eigenvalue weighted by atomic mass is 9.71. The Morgan fingerprint density at radius 1 is 1.38 bits per heavy atom. The highest BCUT2D eigenvalue weighted by molar-refractivity contribution is 5.60. The van der Waals surface area contributed by atoms with Crippen LogP contribution in [0.2, 0.25) is 0 Å². The van der Waals surface area contributed by atoms with Crippen LogP contribution in [-0.2, 0) is 4.79 Å². The largest absolute Gasteiger partial charge is 0.305 e. The number of carbonyl (C=O) groups excluding carboxylic acids is 1. The van der Waals surface area contributed by atoms with Crippen LogP contribution in [-0.4, -0.2) is 31.3 Å². The zero-order valence-corrected chi connectivity index (χ0v) is 10.7. The summed E-state index contributed by atoms with van der Waals surface area (Å²) in [4.78, 5) is 13.8. The minimum atomic E-state index is -0.0265. The molecule has 2 rings (SSSR count). The van der Waals surface area contributed by atoms with Crippen molar-refractivity contribution >= 4 is 6.29 Å². The lowest BCUT2D eigenvalue weighted by Gasteiger charge is -2.38. The average Bonchev–Trinajstić information content (AvgIpc) is 3.01. The van der Waals surface area contributed by atoms with Crippen molar-refractivity contribution in [2.75, 3.05) is 20.1 Å². The Morgan fingerprint density at radius 2 is 2.12 bits per heavy atom. The van der Waals surface area contributed by atoms with E-state index >= 15 is 0 Å². The fraction of sp³-hybridized carbons (Fsp3) is 0.929. The summed E-state index contributed by atoms with van der Waals surface area (Å²) in [5, 5.41) is 0. The molecule has 92 valence electrons. The summed E-state index contributed by atoms with van der Waals surface area (Å²) in [6, 6.07) is 0. The van der Waals surface area contributed by atoms with Crippen molar-refractivity contribution < 1.29 is 4.79 Å². The van der Waals surface area contributed by atoms with Gasteiger partial charge in [0.05, 0.1) is 0 Å². The van der Waals surface area contributed by atoms with E-state index in [0.717, 1.165) is 31.2 Å². The SMILES string of the molecule is CC1CCCC(C=O)(CN(C)CC2CC2)C1. The number of hydrogen-bond donors (Lipinski definition) is 0. The number of carbonyl (C=O) groups is 1. The molecule has 0 aliphatic heterocycles. The van der Waals surface area contributed by atoms with Crippen LogP contribution in [0, 0.1) is 17.3 Å². The van der Waals surface area contributed by atoms with Crippen LogP contribution in [0.4, 0.5) is 0 Å². The van der Waals surface area contributed by atoms with Gasteiger partial charge in [0.25, 0.3) is 0 Å². The van der Waals surface area contributed by atoms with Crippen molar-refractivity contribution in [2.24, 2.45) is 17.3 Å². The maximum atomic E-state index is 11.4. The fourth-order valence-electron chi connectivity index (χ4n) is 3.33. The quantitative estimate of drug-likeness (QED) is 0.668. The van der Waals surface area contributed by atoms with E-state index in [2.05, 4.69) is 18.9 Å². The van der Waals surface area contributed by atoms with Crippen molar-refractivity contribution in [3.05, 3.63) is 0 Å². The van der Waals surface area contributed by atoms with Crippen LogP contribution < -0.4 is 0 Å². The number of rotatable bonds is 5. The van der Waals surface area contributed by atoms with Crippen molar-refractivity contribution in [3.8, 4) is 0 Å². The second kappa shape index (κ2) is 4.87. The van der Waals surface area contributed by atoms with E-state index in [1.165, 1.54) is 38.5 Å². The van der Waals surface area contributed by atoms with Gasteiger partial charge in [-0.05, 0) is 44.6 Å². The van der Waals surface area contributed by atoms with Gasteiger partial charge < -0.3 is 9.69 Å². The molecule has 0 aromatic rings. The normalized spacial score (nSPS) is 35.3. The molecule has 2 aliphatic rings.